The Morgan fingerprint density at radius 3 is 2.33 bits per heavy atom. The summed E-state index contributed by atoms with van der Waals surface area (Å²) in [6.07, 6.45) is -3.41. The van der Waals surface area contributed by atoms with E-state index in [4.69, 9.17) is 4.74 Å². The molecule has 0 saturated carbocycles. The maximum absolute atomic E-state index is 13.5. The maximum Gasteiger partial charge on any atom is 0.453 e. The lowest BCUT2D eigenvalue weighted by Gasteiger charge is -2.42. The number of rotatable bonds is 5. The van der Waals surface area contributed by atoms with Crippen LogP contribution in [0.3, 0.4) is 0 Å². The molecule has 2 heterocycles. The van der Waals surface area contributed by atoms with Gasteiger partial charge in [-0.1, -0.05) is 60.7 Å². The largest absolute Gasteiger partial charge is 0.453 e. The standard InChI is InChI=1S/C21H22F3N5O/c1-30-20(17-10-6-3-7-11-17)13-12-16(14-25-20)18(15-8-4-2-5-9-15)29-19(21(22,23)24)26-27-28-29/h2-11,16,18,25H,12-14H2,1H3/t16?,18?,20-/m0/s1. The van der Waals surface area contributed by atoms with Gasteiger partial charge in [0.2, 0.25) is 0 Å². The maximum atomic E-state index is 13.5. The fraction of sp³-hybridized carbons (Fsp3) is 0.381. The third kappa shape index (κ3) is 3.82. The van der Waals surface area contributed by atoms with Gasteiger partial charge in [0.15, 0.2) is 0 Å². The van der Waals surface area contributed by atoms with Crippen LogP contribution in [0.4, 0.5) is 13.2 Å². The van der Waals surface area contributed by atoms with Gasteiger partial charge in [0, 0.05) is 13.7 Å². The van der Waals surface area contributed by atoms with Crippen molar-refractivity contribution in [1.82, 2.24) is 25.5 Å². The predicted octanol–water partition coefficient (Wildman–Crippen LogP) is 3.78. The van der Waals surface area contributed by atoms with Crippen molar-refractivity contribution in [2.45, 2.75) is 30.8 Å². The summed E-state index contributed by atoms with van der Waals surface area (Å²) in [7, 11) is 1.64. The first kappa shape index (κ1) is 20.5. The van der Waals surface area contributed by atoms with E-state index in [-0.39, 0.29) is 5.92 Å². The zero-order chi connectivity index (χ0) is 21.2. The summed E-state index contributed by atoms with van der Waals surface area (Å²) in [5.41, 5.74) is 1.04. The van der Waals surface area contributed by atoms with E-state index in [0.717, 1.165) is 15.8 Å². The van der Waals surface area contributed by atoms with Crippen LogP contribution < -0.4 is 5.32 Å². The first-order valence-electron chi connectivity index (χ1n) is 9.70. The zero-order valence-corrected chi connectivity index (χ0v) is 16.4. The fourth-order valence-corrected chi connectivity index (χ4v) is 4.22. The Kier molecular flexibility index (Phi) is 5.57. The highest BCUT2D eigenvalue weighted by molar-refractivity contribution is 5.25. The molecule has 0 spiro atoms. The molecule has 1 aromatic heterocycles. The monoisotopic (exact) mass is 417 g/mol. The lowest BCUT2D eigenvalue weighted by atomic mass is 9.81. The molecule has 3 atom stereocenters. The molecule has 1 aliphatic rings. The molecular formula is C21H22F3N5O. The summed E-state index contributed by atoms with van der Waals surface area (Å²) in [5, 5.41) is 13.7. The molecule has 6 nitrogen and oxygen atoms in total. The molecule has 1 fully saturated rings. The Morgan fingerprint density at radius 1 is 1.10 bits per heavy atom. The van der Waals surface area contributed by atoms with Crippen molar-refractivity contribution in [2.75, 3.05) is 13.7 Å². The van der Waals surface area contributed by atoms with Crippen molar-refractivity contribution in [2.24, 2.45) is 5.92 Å². The van der Waals surface area contributed by atoms with Gasteiger partial charge in [-0.2, -0.15) is 13.2 Å². The number of tetrazole rings is 1. The highest BCUT2D eigenvalue weighted by Gasteiger charge is 2.44. The SMILES string of the molecule is CO[C@]1(c2ccccc2)CCC(C(c2ccccc2)n2nnnc2C(F)(F)F)CN1. The molecule has 4 rings (SSSR count). The van der Waals surface area contributed by atoms with Crippen LogP contribution in [-0.4, -0.2) is 33.9 Å². The highest BCUT2D eigenvalue weighted by atomic mass is 19.4. The average Bonchev–Trinajstić information content (AvgIpc) is 3.26. The second-order valence-electron chi connectivity index (χ2n) is 7.38. The van der Waals surface area contributed by atoms with Crippen molar-refractivity contribution in [3.63, 3.8) is 0 Å². The van der Waals surface area contributed by atoms with Gasteiger partial charge >= 0.3 is 6.18 Å². The molecule has 3 aromatic rings. The molecule has 0 radical (unpaired) electrons. The van der Waals surface area contributed by atoms with Crippen LogP contribution in [0.2, 0.25) is 0 Å². The van der Waals surface area contributed by atoms with Gasteiger partial charge in [0.25, 0.3) is 5.82 Å². The second kappa shape index (κ2) is 8.16. The molecule has 1 N–H and O–H groups in total. The van der Waals surface area contributed by atoms with Crippen LogP contribution in [0.5, 0.6) is 0 Å². The second-order valence-corrected chi connectivity index (χ2v) is 7.38. The number of benzene rings is 2. The molecule has 0 amide bonds. The zero-order valence-electron chi connectivity index (χ0n) is 16.4. The summed E-state index contributed by atoms with van der Waals surface area (Å²) in [6.45, 7) is 0.444. The van der Waals surface area contributed by atoms with E-state index in [2.05, 4.69) is 20.8 Å². The van der Waals surface area contributed by atoms with E-state index in [1.54, 1.807) is 19.2 Å². The molecule has 1 saturated heterocycles. The number of ether oxygens (including phenoxy) is 1. The number of hydrogen-bond donors (Lipinski definition) is 1. The van der Waals surface area contributed by atoms with Gasteiger partial charge in [0.1, 0.15) is 5.72 Å². The quantitative estimate of drug-likeness (QED) is 0.685. The normalized spacial score (nSPS) is 23.3. The number of piperidine rings is 1. The van der Waals surface area contributed by atoms with Gasteiger partial charge in [-0.3, -0.25) is 5.32 Å². The minimum absolute atomic E-state index is 0.163. The Labute approximate surface area is 172 Å². The van der Waals surface area contributed by atoms with E-state index in [1.165, 1.54) is 0 Å². The number of aromatic nitrogens is 4. The van der Waals surface area contributed by atoms with Gasteiger partial charge < -0.3 is 4.74 Å². The van der Waals surface area contributed by atoms with Gasteiger partial charge in [-0.25, -0.2) is 4.68 Å². The van der Waals surface area contributed by atoms with Crippen molar-refractivity contribution in [3.8, 4) is 0 Å². The Morgan fingerprint density at radius 2 is 1.77 bits per heavy atom. The lowest BCUT2D eigenvalue weighted by molar-refractivity contribution is -0.149. The van der Waals surface area contributed by atoms with Crippen LogP contribution in [-0.2, 0) is 16.6 Å². The number of halogens is 3. The van der Waals surface area contributed by atoms with Crippen LogP contribution >= 0.6 is 0 Å². The van der Waals surface area contributed by atoms with Gasteiger partial charge in [-0.05, 0) is 40.3 Å². The molecule has 2 unspecified atom stereocenters. The minimum atomic E-state index is -4.64. The van der Waals surface area contributed by atoms with Crippen molar-refractivity contribution >= 4 is 0 Å². The number of alkyl halides is 3. The fourth-order valence-electron chi connectivity index (χ4n) is 4.22. The highest BCUT2D eigenvalue weighted by Crippen LogP contribution is 2.40. The molecule has 158 valence electrons. The number of methoxy groups -OCH3 is 1. The molecule has 2 aromatic carbocycles. The Balaban J connectivity index is 1.67. The number of hydrogen-bond acceptors (Lipinski definition) is 5. The summed E-state index contributed by atoms with van der Waals surface area (Å²) < 4.78 is 47.3. The van der Waals surface area contributed by atoms with Crippen molar-refractivity contribution < 1.29 is 17.9 Å². The van der Waals surface area contributed by atoms with Crippen LogP contribution in [0.1, 0.15) is 35.8 Å². The number of nitrogens with one attached hydrogen (secondary N) is 1. The van der Waals surface area contributed by atoms with Crippen LogP contribution in [0.15, 0.2) is 60.7 Å². The van der Waals surface area contributed by atoms with Crippen molar-refractivity contribution in [1.29, 1.82) is 0 Å². The van der Waals surface area contributed by atoms with Crippen LogP contribution in [0.25, 0.3) is 0 Å². The first-order chi connectivity index (χ1) is 14.4. The molecule has 0 aliphatic carbocycles. The van der Waals surface area contributed by atoms with Gasteiger partial charge in [0.05, 0.1) is 6.04 Å². The summed E-state index contributed by atoms with van der Waals surface area (Å²) in [4.78, 5) is 0. The molecular weight excluding hydrogens is 395 g/mol. The minimum Gasteiger partial charge on any atom is -0.360 e. The lowest BCUT2D eigenvalue weighted by Crippen LogP contribution is -2.51. The molecule has 1 aliphatic heterocycles. The van der Waals surface area contributed by atoms with E-state index < -0.39 is 23.8 Å². The summed E-state index contributed by atoms with van der Waals surface area (Å²) in [5.74, 6) is -1.26. The number of nitrogens with zero attached hydrogens (tertiary/aromatic N) is 4. The molecule has 30 heavy (non-hydrogen) atoms. The van der Waals surface area contributed by atoms with E-state index in [9.17, 15) is 13.2 Å². The summed E-state index contributed by atoms with van der Waals surface area (Å²) >= 11 is 0. The third-order valence-electron chi connectivity index (χ3n) is 5.70. The third-order valence-corrected chi connectivity index (χ3v) is 5.70. The predicted molar refractivity (Wildman–Crippen MR) is 103 cm³/mol. The first-order valence-corrected chi connectivity index (χ1v) is 9.70. The Hall–Kier alpha value is -2.78. The van der Waals surface area contributed by atoms with Crippen LogP contribution in [0, 0.1) is 5.92 Å². The van der Waals surface area contributed by atoms with Crippen molar-refractivity contribution in [3.05, 3.63) is 77.6 Å². The molecule has 0 bridgehead atoms. The van der Waals surface area contributed by atoms with E-state index >= 15 is 0 Å². The molecule has 9 heteroatoms. The smallest absolute Gasteiger partial charge is 0.360 e. The average molecular weight is 417 g/mol. The topological polar surface area (TPSA) is 64.9 Å². The Bertz CT molecular complexity index is 954. The van der Waals surface area contributed by atoms with E-state index in [1.807, 2.05) is 48.5 Å². The van der Waals surface area contributed by atoms with Gasteiger partial charge in [-0.15, -0.1) is 5.10 Å². The summed E-state index contributed by atoms with van der Waals surface area (Å²) in [6, 6.07) is 18.2. The van der Waals surface area contributed by atoms with E-state index in [0.29, 0.717) is 19.4 Å².